The fraction of sp³-hybridized carbons (Fsp3) is 0.652. The smallest absolute Gasteiger partial charge is 0.297 e. The highest BCUT2D eigenvalue weighted by molar-refractivity contribution is 7.87. The molecule has 16 heteroatoms. The van der Waals surface area contributed by atoms with Crippen molar-refractivity contribution in [3.63, 3.8) is 0 Å². The molecule has 0 heterocycles. The molecule has 12 nitrogen and oxygen atoms in total. The van der Waals surface area contributed by atoms with E-state index < -0.39 is 73.5 Å². The maximum Gasteiger partial charge on any atom is 0.297 e. The largest absolute Gasteiger partial charge is 0.411 e. The Balaban J connectivity index is 2.81. The highest BCUT2D eigenvalue weighted by atomic mass is 32.2. The van der Waals surface area contributed by atoms with Gasteiger partial charge < -0.3 is 27.8 Å². The number of allylic oxidation sites excluding steroid dienone is 2. The first kappa shape index (κ1) is 56.1. The van der Waals surface area contributed by atoms with Crippen LogP contribution < -0.4 is 0 Å². The van der Waals surface area contributed by atoms with E-state index in [1.165, 1.54) is 38.5 Å². The third-order valence-electron chi connectivity index (χ3n) is 11.8. The van der Waals surface area contributed by atoms with Crippen molar-refractivity contribution in [1.82, 2.24) is 0 Å². The lowest BCUT2D eigenvalue weighted by atomic mass is 9.97. The number of rotatable bonds is 27. The van der Waals surface area contributed by atoms with Gasteiger partial charge in [-0.3, -0.25) is 8.37 Å². The Morgan fingerprint density at radius 1 is 0.532 bits per heavy atom. The first-order valence-electron chi connectivity index (χ1n) is 21.5. The van der Waals surface area contributed by atoms with Crippen LogP contribution >= 0.6 is 0 Å². The van der Waals surface area contributed by atoms with Crippen LogP contribution in [0.2, 0.25) is 36.3 Å². The Morgan fingerprint density at radius 2 is 0.823 bits per heavy atom. The first-order chi connectivity index (χ1) is 28.6. The molecule has 0 saturated heterocycles. The highest BCUT2D eigenvalue weighted by Crippen LogP contribution is 2.42. The quantitative estimate of drug-likeness (QED) is 0.0364. The zero-order chi connectivity index (χ0) is 47.2. The molecule has 0 radical (unpaired) electrons. The summed E-state index contributed by atoms with van der Waals surface area (Å²) in [7, 11) is -10.6. The van der Waals surface area contributed by atoms with Crippen LogP contribution in [0, 0.1) is 13.8 Å². The fourth-order valence-electron chi connectivity index (χ4n) is 6.04. The van der Waals surface area contributed by atoms with Crippen molar-refractivity contribution in [3.8, 4) is 0 Å². The van der Waals surface area contributed by atoms with Crippen LogP contribution in [0.3, 0.4) is 0 Å². The van der Waals surface area contributed by atoms with Crippen molar-refractivity contribution < 1.29 is 53.0 Å². The average molecular weight is 943 g/mol. The van der Waals surface area contributed by atoms with E-state index in [-0.39, 0.29) is 46.3 Å². The van der Waals surface area contributed by atoms with Crippen LogP contribution in [0.25, 0.3) is 0 Å². The molecule has 0 bridgehead atoms. The van der Waals surface area contributed by atoms with Gasteiger partial charge in [0.25, 0.3) is 20.2 Å². The average Bonchev–Trinajstić information content (AvgIpc) is 3.16. The molecule has 2 aromatic rings. The number of hydrogen-bond acceptors (Lipinski definition) is 12. The van der Waals surface area contributed by atoms with Crippen LogP contribution in [0.5, 0.6) is 0 Å². The van der Waals surface area contributed by atoms with Gasteiger partial charge in [-0.05, 0) is 114 Å². The lowest BCUT2D eigenvalue weighted by Gasteiger charge is -2.46. The highest BCUT2D eigenvalue weighted by Gasteiger charge is 2.46. The summed E-state index contributed by atoms with van der Waals surface area (Å²) in [4.78, 5) is 0.0653. The zero-order valence-electron chi connectivity index (χ0n) is 40.4. The molecule has 0 fully saturated rings. The second-order valence-corrected chi connectivity index (χ2v) is 31.6. The summed E-state index contributed by atoms with van der Waals surface area (Å²) < 4.78 is 105. The van der Waals surface area contributed by atoms with E-state index in [2.05, 4.69) is 67.7 Å². The summed E-state index contributed by atoms with van der Waals surface area (Å²) in [6, 6.07) is 13.0. The van der Waals surface area contributed by atoms with Gasteiger partial charge in [-0.15, -0.1) is 0 Å². The van der Waals surface area contributed by atoms with E-state index >= 15 is 0 Å². The molecule has 62 heavy (non-hydrogen) atoms. The molecule has 2 aromatic carbocycles. The van der Waals surface area contributed by atoms with Crippen molar-refractivity contribution in [1.29, 1.82) is 0 Å². The second-order valence-electron chi connectivity index (χ2n) is 18.9. The van der Waals surface area contributed by atoms with Gasteiger partial charge in [-0.1, -0.05) is 101 Å². The molecule has 0 aliphatic heterocycles. The van der Waals surface area contributed by atoms with Crippen LogP contribution in [-0.4, -0.2) is 97.9 Å². The van der Waals surface area contributed by atoms with Gasteiger partial charge in [0.1, 0.15) is 38.0 Å². The minimum Gasteiger partial charge on any atom is -0.411 e. The van der Waals surface area contributed by atoms with Gasteiger partial charge in [-0.25, -0.2) is 0 Å². The summed E-state index contributed by atoms with van der Waals surface area (Å²) in [5.41, 5.74) is 1.83. The Hall–Kier alpha value is -2.07. The molecule has 354 valence electrons. The van der Waals surface area contributed by atoms with Crippen LogP contribution in [0.4, 0.5) is 0 Å². The minimum absolute atomic E-state index is 0.0327. The van der Waals surface area contributed by atoms with E-state index in [9.17, 15) is 16.8 Å². The van der Waals surface area contributed by atoms with Gasteiger partial charge in [0.15, 0.2) is 16.6 Å². The standard InChI is InChI=1S/C46H78O12S2Si2/c1-17-19-39(53-33-51-11)41(55-59(47,48)37-25-21-35(3)22-26-37)29-31-43(57-61(13,14)45(5,6)7)44(58-62(15,16)46(8,9)10)32-30-42(40(20-18-2)54-34-52-12)56-60(49,50)38-27-23-36(4)24-28-38/h17-28,39-44H,29-34H2,1-16H3/b19-17+,20-18+/t39-,40-,41+,42+,43+,44+/m0/s1. The Bertz CT molecular complexity index is 1760. The van der Waals surface area contributed by atoms with E-state index in [1.54, 1.807) is 48.6 Å². The van der Waals surface area contributed by atoms with Crippen LogP contribution in [-0.2, 0) is 56.4 Å². The van der Waals surface area contributed by atoms with Gasteiger partial charge in [-0.2, -0.15) is 16.8 Å². The predicted molar refractivity (Wildman–Crippen MR) is 252 cm³/mol. The summed E-state index contributed by atoms with van der Waals surface area (Å²) in [6.45, 7) is 28.9. The second kappa shape index (κ2) is 24.5. The van der Waals surface area contributed by atoms with E-state index in [0.717, 1.165) is 11.1 Å². The summed E-state index contributed by atoms with van der Waals surface area (Å²) in [5.74, 6) is 0. The fourth-order valence-corrected chi connectivity index (χ4v) is 11.0. The summed E-state index contributed by atoms with van der Waals surface area (Å²) >= 11 is 0. The molecule has 0 amide bonds. The maximum absolute atomic E-state index is 13.9. The third kappa shape index (κ3) is 17.4. The molecule has 0 aliphatic carbocycles. The molecular weight excluding hydrogens is 865 g/mol. The molecule has 0 N–H and O–H groups in total. The van der Waals surface area contributed by atoms with Gasteiger partial charge >= 0.3 is 0 Å². The molecule has 0 spiro atoms. The van der Waals surface area contributed by atoms with Crippen LogP contribution in [0.15, 0.2) is 82.6 Å². The lowest BCUT2D eigenvalue weighted by molar-refractivity contribution is -0.0929. The normalized spacial score (nSPS) is 16.7. The summed E-state index contributed by atoms with van der Waals surface area (Å²) in [5, 5.41) is -0.406. The summed E-state index contributed by atoms with van der Waals surface area (Å²) in [6.07, 6.45) is 3.41. The molecule has 2 rings (SSSR count). The lowest BCUT2D eigenvalue weighted by Crippen LogP contribution is -2.52. The van der Waals surface area contributed by atoms with E-state index in [4.69, 9.17) is 36.2 Å². The zero-order valence-corrected chi connectivity index (χ0v) is 44.0. The van der Waals surface area contributed by atoms with Crippen molar-refractivity contribution in [2.45, 2.75) is 178 Å². The predicted octanol–water partition coefficient (Wildman–Crippen LogP) is 10.6. The molecule has 0 unspecified atom stereocenters. The molecule has 0 aliphatic rings. The Morgan fingerprint density at radius 3 is 1.08 bits per heavy atom. The molecular formula is C46H78O12S2Si2. The SMILES string of the molecule is C/C=C/[C@H](OCOC)[C@@H](CC[C@@H](O[Si](C)(C)C(C)(C)C)[C@@H](CC[C@@H](OS(=O)(=O)c1ccc(C)cc1)[C@H](/C=C/C)OCOC)O[Si](C)(C)C(C)(C)C)OS(=O)(=O)c1ccc(C)cc1. The first-order valence-corrected chi connectivity index (χ1v) is 30.1. The number of hydrogen-bond donors (Lipinski definition) is 0. The van der Waals surface area contributed by atoms with Gasteiger partial charge in [0, 0.05) is 14.2 Å². The maximum atomic E-state index is 13.9. The monoisotopic (exact) mass is 942 g/mol. The van der Waals surface area contributed by atoms with E-state index in [1.807, 2.05) is 27.7 Å². The van der Waals surface area contributed by atoms with E-state index in [0.29, 0.717) is 12.8 Å². The molecule has 6 atom stereocenters. The van der Waals surface area contributed by atoms with Gasteiger partial charge in [0.05, 0.1) is 22.0 Å². The number of ether oxygens (including phenoxy) is 4. The minimum atomic E-state index is -4.24. The number of aryl methyl sites for hydroxylation is 2. The molecule has 0 aromatic heterocycles. The van der Waals surface area contributed by atoms with Crippen molar-refractivity contribution >= 4 is 36.9 Å². The van der Waals surface area contributed by atoms with Crippen molar-refractivity contribution in [2.24, 2.45) is 0 Å². The Kier molecular flexibility index (Phi) is 22.1. The topological polar surface area (TPSA) is 142 Å². The number of methoxy groups -OCH3 is 2. The van der Waals surface area contributed by atoms with Crippen LogP contribution in [0.1, 0.15) is 92.2 Å². The number of benzene rings is 2. The molecule has 0 saturated carbocycles. The van der Waals surface area contributed by atoms with Crippen molar-refractivity contribution in [3.05, 3.63) is 84.0 Å². The van der Waals surface area contributed by atoms with Crippen molar-refractivity contribution in [2.75, 3.05) is 27.8 Å². The van der Waals surface area contributed by atoms with Gasteiger partial charge in [0.2, 0.25) is 0 Å². The third-order valence-corrected chi connectivity index (χ3v) is 23.5. The Labute approximate surface area is 377 Å².